The van der Waals surface area contributed by atoms with Crippen molar-refractivity contribution in [2.24, 2.45) is 0 Å². The molecular formula is C17H26N2O3. The van der Waals surface area contributed by atoms with E-state index in [2.05, 4.69) is 29.2 Å². The molecule has 1 aromatic rings. The Morgan fingerprint density at radius 1 is 0.864 bits per heavy atom. The SMILES string of the molecule is OC1[C@H](O)CN(Cc2ccc(N3CCCCC3)cc2)C[C@@H]1O. The van der Waals surface area contributed by atoms with Crippen LogP contribution < -0.4 is 4.90 Å². The van der Waals surface area contributed by atoms with Crippen LogP contribution in [0.5, 0.6) is 0 Å². The molecule has 5 heteroatoms. The molecule has 0 aromatic heterocycles. The number of anilines is 1. The third-order valence-corrected chi connectivity index (χ3v) is 4.74. The van der Waals surface area contributed by atoms with Gasteiger partial charge in [0.25, 0.3) is 0 Å². The van der Waals surface area contributed by atoms with Gasteiger partial charge in [-0.1, -0.05) is 12.1 Å². The van der Waals surface area contributed by atoms with Gasteiger partial charge in [-0.3, -0.25) is 4.90 Å². The highest BCUT2D eigenvalue weighted by Gasteiger charge is 2.33. The van der Waals surface area contributed by atoms with Crippen molar-refractivity contribution in [2.75, 3.05) is 31.1 Å². The van der Waals surface area contributed by atoms with Crippen LogP contribution in [0.4, 0.5) is 5.69 Å². The number of piperidine rings is 2. The molecule has 5 nitrogen and oxygen atoms in total. The van der Waals surface area contributed by atoms with E-state index in [0.29, 0.717) is 19.6 Å². The van der Waals surface area contributed by atoms with Gasteiger partial charge in [-0.2, -0.15) is 0 Å². The summed E-state index contributed by atoms with van der Waals surface area (Å²) < 4.78 is 0. The molecule has 0 bridgehead atoms. The third kappa shape index (κ3) is 3.60. The molecule has 1 aromatic carbocycles. The first-order valence-corrected chi connectivity index (χ1v) is 8.24. The van der Waals surface area contributed by atoms with E-state index in [1.807, 2.05) is 4.90 Å². The standard InChI is InChI=1S/C17H26N2O3/c20-15-11-18(12-16(21)17(15)22)10-13-4-6-14(7-5-13)19-8-2-1-3-9-19/h4-7,15-17,20-22H,1-3,8-12H2/t15-,16+,17?. The highest BCUT2D eigenvalue weighted by atomic mass is 16.4. The maximum atomic E-state index is 9.75. The summed E-state index contributed by atoms with van der Waals surface area (Å²) in [5, 5.41) is 29.1. The van der Waals surface area contributed by atoms with E-state index in [-0.39, 0.29) is 0 Å². The second-order valence-corrected chi connectivity index (χ2v) is 6.53. The fourth-order valence-electron chi connectivity index (χ4n) is 3.43. The Balaban J connectivity index is 1.59. The Kier molecular flexibility index (Phi) is 4.98. The van der Waals surface area contributed by atoms with Crippen molar-refractivity contribution in [3.8, 4) is 0 Å². The number of hydrogen-bond donors (Lipinski definition) is 3. The number of nitrogens with zero attached hydrogens (tertiary/aromatic N) is 2. The van der Waals surface area contributed by atoms with Crippen molar-refractivity contribution in [1.82, 2.24) is 4.90 Å². The lowest BCUT2D eigenvalue weighted by Crippen LogP contribution is -2.54. The second-order valence-electron chi connectivity index (χ2n) is 6.53. The largest absolute Gasteiger partial charge is 0.389 e. The number of rotatable bonds is 3. The van der Waals surface area contributed by atoms with E-state index >= 15 is 0 Å². The first-order chi connectivity index (χ1) is 10.6. The van der Waals surface area contributed by atoms with Crippen LogP contribution >= 0.6 is 0 Å². The van der Waals surface area contributed by atoms with Gasteiger partial charge in [-0.25, -0.2) is 0 Å². The van der Waals surface area contributed by atoms with E-state index in [1.165, 1.54) is 24.9 Å². The lowest BCUT2D eigenvalue weighted by Gasteiger charge is -2.37. The van der Waals surface area contributed by atoms with Crippen LogP contribution in [0, 0.1) is 0 Å². The summed E-state index contributed by atoms with van der Waals surface area (Å²) in [6.45, 7) is 3.75. The number of β-amino-alcohol motifs (C(OH)–C–C–N with tert-alkyl or cyclic N) is 2. The van der Waals surface area contributed by atoms with Gasteiger partial charge in [0, 0.05) is 38.4 Å². The van der Waals surface area contributed by atoms with Crippen LogP contribution in [0.2, 0.25) is 0 Å². The molecule has 0 spiro atoms. The van der Waals surface area contributed by atoms with Gasteiger partial charge >= 0.3 is 0 Å². The zero-order valence-corrected chi connectivity index (χ0v) is 12.9. The van der Waals surface area contributed by atoms with Gasteiger partial charge in [0.2, 0.25) is 0 Å². The molecule has 1 unspecified atom stereocenters. The Morgan fingerprint density at radius 3 is 2.05 bits per heavy atom. The lowest BCUT2D eigenvalue weighted by molar-refractivity contribution is -0.111. The van der Waals surface area contributed by atoms with Crippen molar-refractivity contribution in [2.45, 2.75) is 44.1 Å². The van der Waals surface area contributed by atoms with Crippen LogP contribution in [0.25, 0.3) is 0 Å². The van der Waals surface area contributed by atoms with Crippen LogP contribution in [0.1, 0.15) is 24.8 Å². The Bertz CT molecular complexity index is 461. The molecule has 122 valence electrons. The van der Waals surface area contributed by atoms with Gasteiger partial charge in [-0.15, -0.1) is 0 Å². The molecule has 0 aliphatic carbocycles. The topological polar surface area (TPSA) is 67.2 Å². The molecule has 3 N–H and O–H groups in total. The van der Waals surface area contributed by atoms with Crippen LogP contribution in [0.3, 0.4) is 0 Å². The average Bonchev–Trinajstić information content (AvgIpc) is 2.54. The van der Waals surface area contributed by atoms with Crippen molar-refractivity contribution < 1.29 is 15.3 Å². The fraction of sp³-hybridized carbons (Fsp3) is 0.647. The van der Waals surface area contributed by atoms with E-state index in [0.717, 1.165) is 18.7 Å². The maximum Gasteiger partial charge on any atom is 0.108 e. The predicted octanol–water partition coefficient (Wildman–Crippen LogP) is 0.575. The smallest absolute Gasteiger partial charge is 0.108 e. The zero-order valence-electron chi connectivity index (χ0n) is 12.9. The summed E-state index contributed by atoms with van der Waals surface area (Å²) >= 11 is 0. The molecule has 0 radical (unpaired) electrons. The van der Waals surface area contributed by atoms with Crippen LogP contribution in [-0.4, -0.2) is 64.7 Å². The molecule has 3 atom stereocenters. The van der Waals surface area contributed by atoms with Gasteiger partial charge in [0.1, 0.15) is 6.10 Å². The molecule has 0 amide bonds. The second kappa shape index (κ2) is 6.96. The predicted molar refractivity (Wildman–Crippen MR) is 85.8 cm³/mol. The van der Waals surface area contributed by atoms with Crippen molar-refractivity contribution in [1.29, 1.82) is 0 Å². The van der Waals surface area contributed by atoms with E-state index in [1.54, 1.807) is 0 Å². The number of likely N-dealkylation sites (tertiary alicyclic amines) is 1. The Labute approximate surface area is 131 Å². The van der Waals surface area contributed by atoms with E-state index in [9.17, 15) is 15.3 Å². The van der Waals surface area contributed by atoms with Crippen molar-refractivity contribution in [3.05, 3.63) is 29.8 Å². The third-order valence-electron chi connectivity index (χ3n) is 4.74. The lowest BCUT2D eigenvalue weighted by atomic mass is 10.0. The Hall–Kier alpha value is -1.14. The van der Waals surface area contributed by atoms with E-state index in [4.69, 9.17) is 0 Å². The first-order valence-electron chi connectivity index (χ1n) is 8.24. The number of aliphatic hydroxyl groups excluding tert-OH is 3. The molecule has 22 heavy (non-hydrogen) atoms. The summed E-state index contributed by atoms with van der Waals surface area (Å²) in [5.41, 5.74) is 2.44. The number of hydrogen-bond acceptors (Lipinski definition) is 5. The summed E-state index contributed by atoms with van der Waals surface area (Å²) in [5.74, 6) is 0. The van der Waals surface area contributed by atoms with Crippen molar-refractivity contribution >= 4 is 5.69 Å². The molecule has 3 rings (SSSR count). The minimum absolute atomic E-state index is 0.395. The summed E-state index contributed by atoms with van der Waals surface area (Å²) in [6.07, 6.45) is 1.09. The zero-order chi connectivity index (χ0) is 15.5. The maximum absolute atomic E-state index is 9.75. The molecule has 2 aliphatic heterocycles. The monoisotopic (exact) mass is 306 g/mol. The van der Waals surface area contributed by atoms with Gasteiger partial charge < -0.3 is 20.2 Å². The molecule has 2 saturated heterocycles. The van der Waals surface area contributed by atoms with Crippen LogP contribution in [0.15, 0.2) is 24.3 Å². The van der Waals surface area contributed by atoms with Crippen molar-refractivity contribution in [3.63, 3.8) is 0 Å². The van der Waals surface area contributed by atoms with Gasteiger partial charge in [0.15, 0.2) is 0 Å². The molecule has 2 fully saturated rings. The van der Waals surface area contributed by atoms with Crippen LogP contribution in [-0.2, 0) is 6.54 Å². The van der Waals surface area contributed by atoms with E-state index < -0.39 is 18.3 Å². The summed E-state index contributed by atoms with van der Waals surface area (Å²) in [4.78, 5) is 4.41. The minimum Gasteiger partial charge on any atom is -0.389 e. The minimum atomic E-state index is -1.03. The quantitative estimate of drug-likeness (QED) is 0.762. The molecule has 2 aliphatic rings. The van der Waals surface area contributed by atoms with Gasteiger partial charge in [0.05, 0.1) is 12.2 Å². The summed E-state index contributed by atoms with van der Waals surface area (Å²) in [6, 6.07) is 8.56. The first kappa shape index (κ1) is 15.7. The molecular weight excluding hydrogens is 280 g/mol. The Morgan fingerprint density at radius 2 is 1.45 bits per heavy atom. The fourth-order valence-corrected chi connectivity index (χ4v) is 3.43. The number of benzene rings is 1. The highest BCUT2D eigenvalue weighted by Crippen LogP contribution is 2.21. The normalized spacial score (nSPS) is 30.5. The molecule has 2 heterocycles. The van der Waals surface area contributed by atoms with Gasteiger partial charge in [-0.05, 0) is 37.0 Å². The summed E-state index contributed by atoms with van der Waals surface area (Å²) in [7, 11) is 0. The number of aliphatic hydroxyl groups is 3. The molecule has 0 saturated carbocycles. The average molecular weight is 306 g/mol. The highest BCUT2D eigenvalue weighted by molar-refractivity contribution is 5.47.